The molecule has 39 heavy (non-hydrogen) atoms. The van der Waals surface area contributed by atoms with Gasteiger partial charge < -0.3 is 47.9 Å². The van der Waals surface area contributed by atoms with Gasteiger partial charge >= 0.3 is 5.97 Å². The fraction of sp³-hybridized carbons (Fsp3) is 0.480. The first-order valence-corrected chi connectivity index (χ1v) is 12.8. The maximum Gasteiger partial charge on any atom is 0.326 e. The summed E-state index contributed by atoms with van der Waals surface area (Å²) >= 11 is 0. The van der Waals surface area contributed by atoms with Gasteiger partial charge in [0.15, 0.2) is 5.96 Å². The third kappa shape index (κ3) is 8.41. The second-order valence-electron chi connectivity index (χ2n) is 9.37. The number of carbonyl (C=O) groups excluding carboxylic acids is 3. The Kier molecular flexibility index (Phi) is 10.6. The number of aliphatic hydroxyl groups excluding tert-OH is 1. The molecule has 14 heteroatoms. The molecule has 2 aromatic rings. The van der Waals surface area contributed by atoms with Crippen molar-refractivity contribution in [1.29, 1.82) is 0 Å². The minimum absolute atomic E-state index is 0.0260. The highest BCUT2D eigenvalue weighted by molar-refractivity contribution is 5.95. The van der Waals surface area contributed by atoms with Crippen molar-refractivity contribution in [2.24, 2.45) is 16.5 Å². The summed E-state index contributed by atoms with van der Waals surface area (Å²) in [6.07, 6.45) is 3.50. The van der Waals surface area contributed by atoms with Crippen LogP contribution >= 0.6 is 0 Å². The van der Waals surface area contributed by atoms with Crippen molar-refractivity contribution in [2.75, 3.05) is 19.7 Å². The van der Waals surface area contributed by atoms with E-state index in [1.54, 1.807) is 6.20 Å². The number of nitrogens with zero attached hydrogens (tertiary/aromatic N) is 1. The molecule has 4 atom stereocenters. The summed E-state index contributed by atoms with van der Waals surface area (Å²) in [4.78, 5) is 57.6. The molecule has 14 nitrogen and oxygen atoms in total. The molecule has 1 aliphatic rings. The normalized spacial score (nSPS) is 17.1. The van der Waals surface area contributed by atoms with Crippen molar-refractivity contribution in [3.8, 4) is 0 Å². The largest absolute Gasteiger partial charge is 0.480 e. The van der Waals surface area contributed by atoms with Gasteiger partial charge in [-0.05, 0) is 43.9 Å². The first kappa shape index (κ1) is 29.4. The van der Waals surface area contributed by atoms with Gasteiger partial charge in [0.25, 0.3) is 0 Å². The Balaban J connectivity index is 1.75. The number of guanidine groups is 1. The van der Waals surface area contributed by atoms with Gasteiger partial charge in [0.1, 0.15) is 18.1 Å². The predicted molar refractivity (Wildman–Crippen MR) is 143 cm³/mol. The maximum absolute atomic E-state index is 13.3. The molecule has 1 aliphatic heterocycles. The number of aliphatic imine (C=N–C) groups is 1. The summed E-state index contributed by atoms with van der Waals surface area (Å²) in [7, 11) is 0. The standard InChI is InChI=1S/C25H36N8O6/c26-25(27)29-10-4-8-18(24(38)39)31-22(36)19(11-14-12-30-16-6-2-1-5-15(14)16)32-23(37)20(13-34)33-21(35)17-7-3-9-28-17/h1-2,5-6,12,17-20,28,30,34H,3-4,7-11,13H2,(H,31,36)(H,32,37)(H,33,35)(H,38,39)(H4,26,27,29). The molecule has 0 bridgehead atoms. The van der Waals surface area contributed by atoms with Gasteiger partial charge in [-0.3, -0.25) is 19.4 Å². The fourth-order valence-corrected chi connectivity index (χ4v) is 4.41. The van der Waals surface area contributed by atoms with E-state index in [1.165, 1.54) is 0 Å². The van der Waals surface area contributed by atoms with Crippen molar-refractivity contribution in [1.82, 2.24) is 26.3 Å². The molecule has 3 amide bonds. The summed E-state index contributed by atoms with van der Waals surface area (Å²) in [5, 5.41) is 30.9. The van der Waals surface area contributed by atoms with E-state index in [-0.39, 0.29) is 25.3 Å². The zero-order valence-corrected chi connectivity index (χ0v) is 21.5. The van der Waals surface area contributed by atoms with E-state index in [2.05, 4.69) is 31.2 Å². The number of H-pyrrole nitrogens is 1. The number of nitrogens with two attached hydrogens (primary N) is 2. The summed E-state index contributed by atoms with van der Waals surface area (Å²) in [5.74, 6) is -3.31. The third-order valence-corrected chi connectivity index (χ3v) is 6.48. The minimum atomic E-state index is -1.30. The van der Waals surface area contributed by atoms with Gasteiger partial charge in [-0.25, -0.2) is 4.79 Å². The van der Waals surface area contributed by atoms with Crippen LogP contribution in [0.5, 0.6) is 0 Å². The fourth-order valence-electron chi connectivity index (χ4n) is 4.41. The van der Waals surface area contributed by atoms with E-state index >= 15 is 0 Å². The Morgan fingerprint density at radius 1 is 1.05 bits per heavy atom. The predicted octanol–water partition coefficient (Wildman–Crippen LogP) is -1.95. The number of benzene rings is 1. The van der Waals surface area contributed by atoms with E-state index in [0.29, 0.717) is 24.9 Å². The molecule has 0 aliphatic carbocycles. The molecule has 212 valence electrons. The van der Waals surface area contributed by atoms with Gasteiger partial charge in [-0.15, -0.1) is 0 Å². The first-order chi connectivity index (χ1) is 18.7. The Bertz CT molecular complexity index is 1190. The van der Waals surface area contributed by atoms with Crippen molar-refractivity contribution >= 4 is 40.6 Å². The molecule has 2 heterocycles. The number of carboxylic acids is 1. The summed E-state index contributed by atoms with van der Waals surface area (Å²) in [6.45, 7) is 0.178. The highest BCUT2D eigenvalue weighted by Gasteiger charge is 2.31. The number of rotatable bonds is 14. The summed E-state index contributed by atoms with van der Waals surface area (Å²) in [6, 6.07) is 3.18. The number of carbonyl (C=O) groups is 4. The van der Waals surface area contributed by atoms with Crippen molar-refractivity contribution in [3.05, 3.63) is 36.0 Å². The number of aliphatic carboxylic acids is 1. The highest BCUT2D eigenvalue weighted by atomic mass is 16.4. The second-order valence-corrected chi connectivity index (χ2v) is 9.37. The lowest BCUT2D eigenvalue weighted by atomic mass is 10.0. The molecule has 0 spiro atoms. The van der Waals surface area contributed by atoms with Crippen LogP contribution in [0, 0.1) is 0 Å². The number of nitrogens with one attached hydrogen (secondary N) is 5. The molecule has 1 aromatic carbocycles. The monoisotopic (exact) mass is 544 g/mol. The maximum atomic E-state index is 13.3. The van der Waals surface area contributed by atoms with Crippen LogP contribution in [0.25, 0.3) is 10.9 Å². The van der Waals surface area contributed by atoms with E-state index in [0.717, 1.165) is 17.3 Å². The highest BCUT2D eigenvalue weighted by Crippen LogP contribution is 2.19. The number of amides is 3. The number of aliphatic hydroxyl groups is 1. The lowest BCUT2D eigenvalue weighted by Gasteiger charge is -2.24. The van der Waals surface area contributed by atoms with Crippen LogP contribution in [0.1, 0.15) is 31.2 Å². The van der Waals surface area contributed by atoms with Gasteiger partial charge in [0.2, 0.25) is 17.7 Å². The molecule has 4 unspecified atom stereocenters. The summed E-state index contributed by atoms with van der Waals surface area (Å²) in [5.41, 5.74) is 12.1. The Labute approximate surface area is 225 Å². The van der Waals surface area contributed by atoms with Crippen LogP contribution in [0.15, 0.2) is 35.5 Å². The van der Waals surface area contributed by atoms with Crippen LogP contribution in [-0.2, 0) is 25.6 Å². The average molecular weight is 545 g/mol. The zero-order valence-electron chi connectivity index (χ0n) is 21.5. The number of carboxylic acid groups (broad SMARTS) is 1. The smallest absolute Gasteiger partial charge is 0.326 e. The number of fused-ring (bicyclic) bond motifs is 1. The SMILES string of the molecule is NC(N)=NCCCC(NC(=O)C(Cc1c[nH]c2ccccc12)NC(=O)C(CO)NC(=O)C1CCCN1)C(=O)O. The number of aromatic nitrogens is 1. The quantitative estimate of drug-likeness (QED) is 0.0728. The number of para-hydroxylation sites is 1. The third-order valence-electron chi connectivity index (χ3n) is 6.48. The molecule has 1 saturated heterocycles. The minimum Gasteiger partial charge on any atom is -0.480 e. The van der Waals surface area contributed by atoms with Gasteiger partial charge in [0.05, 0.1) is 12.6 Å². The van der Waals surface area contributed by atoms with Gasteiger partial charge in [0, 0.05) is 30.1 Å². The molecule has 3 rings (SSSR count). The second kappa shape index (κ2) is 14.1. The van der Waals surface area contributed by atoms with Crippen molar-refractivity contribution in [2.45, 2.75) is 56.3 Å². The Hall–Kier alpha value is -4.17. The van der Waals surface area contributed by atoms with E-state index < -0.39 is 54.5 Å². The molecule has 0 radical (unpaired) electrons. The van der Waals surface area contributed by atoms with Crippen LogP contribution in [-0.4, -0.2) is 88.7 Å². The topological polar surface area (TPSA) is 237 Å². The number of aromatic amines is 1. The van der Waals surface area contributed by atoms with E-state index in [1.807, 2.05) is 24.3 Å². The first-order valence-electron chi connectivity index (χ1n) is 12.8. The van der Waals surface area contributed by atoms with Gasteiger partial charge in [-0.1, -0.05) is 18.2 Å². The van der Waals surface area contributed by atoms with E-state index in [9.17, 15) is 29.4 Å². The van der Waals surface area contributed by atoms with Crippen LogP contribution in [0.3, 0.4) is 0 Å². The van der Waals surface area contributed by atoms with Gasteiger partial charge in [-0.2, -0.15) is 0 Å². The Morgan fingerprint density at radius 2 is 1.77 bits per heavy atom. The van der Waals surface area contributed by atoms with E-state index in [4.69, 9.17) is 11.5 Å². The Morgan fingerprint density at radius 3 is 2.44 bits per heavy atom. The van der Waals surface area contributed by atoms with Crippen LogP contribution in [0.2, 0.25) is 0 Å². The van der Waals surface area contributed by atoms with Crippen LogP contribution < -0.4 is 32.7 Å². The lowest BCUT2D eigenvalue weighted by Crippen LogP contribution is -2.58. The molecule has 1 fully saturated rings. The molecular formula is C25H36N8O6. The lowest BCUT2D eigenvalue weighted by molar-refractivity contribution is -0.142. The zero-order chi connectivity index (χ0) is 28.4. The molecule has 0 saturated carbocycles. The number of hydrogen-bond acceptors (Lipinski definition) is 7. The average Bonchev–Trinajstić information content (AvgIpc) is 3.59. The molecule has 1 aromatic heterocycles. The molecule has 11 N–H and O–H groups in total. The van der Waals surface area contributed by atoms with Crippen molar-refractivity contribution in [3.63, 3.8) is 0 Å². The molecular weight excluding hydrogens is 508 g/mol. The summed E-state index contributed by atoms with van der Waals surface area (Å²) < 4.78 is 0. The number of hydrogen-bond donors (Lipinski definition) is 9. The van der Waals surface area contributed by atoms with Crippen molar-refractivity contribution < 1.29 is 29.4 Å². The van der Waals surface area contributed by atoms with Crippen LogP contribution in [0.4, 0.5) is 0 Å².